The van der Waals surface area contributed by atoms with Gasteiger partial charge in [0.15, 0.2) is 16.6 Å². The van der Waals surface area contributed by atoms with E-state index in [9.17, 15) is 19.5 Å². The van der Waals surface area contributed by atoms with Crippen molar-refractivity contribution in [1.82, 2.24) is 4.98 Å². The van der Waals surface area contributed by atoms with Crippen molar-refractivity contribution in [1.29, 1.82) is 0 Å². The molecular weight excluding hydrogens is 596 g/mol. The van der Waals surface area contributed by atoms with Gasteiger partial charge in [0.25, 0.3) is 5.78 Å². The number of methoxy groups -OCH3 is 2. The number of esters is 1. The maximum absolute atomic E-state index is 13.7. The van der Waals surface area contributed by atoms with Crippen LogP contribution in [-0.4, -0.2) is 48.6 Å². The molecular formula is C34H32N2O8S. The zero-order valence-corrected chi connectivity index (χ0v) is 26.3. The van der Waals surface area contributed by atoms with Crippen LogP contribution in [0, 0.1) is 13.8 Å². The summed E-state index contributed by atoms with van der Waals surface area (Å²) in [5.74, 6) is -1.36. The summed E-state index contributed by atoms with van der Waals surface area (Å²) in [7, 11) is 2.97. The van der Waals surface area contributed by atoms with Crippen LogP contribution in [-0.2, 0) is 20.9 Å². The summed E-state index contributed by atoms with van der Waals surface area (Å²) in [4.78, 5) is 45.9. The molecule has 1 aromatic heterocycles. The lowest BCUT2D eigenvalue weighted by Gasteiger charge is -2.24. The van der Waals surface area contributed by atoms with Crippen LogP contribution in [0.3, 0.4) is 0 Å². The quantitative estimate of drug-likeness (QED) is 0.0952. The highest BCUT2D eigenvalue weighted by molar-refractivity contribution is 7.17. The number of thiazole rings is 1. The van der Waals surface area contributed by atoms with E-state index in [2.05, 4.69) is 4.98 Å². The normalized spacial score (nSPS) is 15.7. The zero-order valence-electron chi connectivity index (χ0n) is 25.5. The molecule has 1 aliphatic rings. The lowest BCUT2D eigenvalue weighted by Crippen LogP contribution is -2.29. The van der Waals surface area contributed by atoms with Crippen molar-refractivity contribution in [2.45, 2.75) is 33.4 Å². The molecule has 45 heavy (non-hydrogen) atoms. The molecule has 232 valence electrons. The molecule has 5 rings (SSSR count). The Hall–Kier alpha value is -5.16. The Morgan fingerprint density at radius 1 is 0.978 bits per heavy atom. The van der Waals surface area contributed by atoms with Crippen molar-refractivity contribution in [3.05, 3.63) is 105 Å². The number of carbonyl (C=O) groups is 3. The number of hydrogen-bond donors (Lipinski definition) is 1. The molecule has 10 nitrogen and oxygen atoms in total. The van der Waals surface area contributed by atoms with Gasteiger partial charge in [-0.25, -0.2) is 9.78 Å². The van der Waals surface area contributed by atoms with E-state index < -0.39 is 23.7 Å². The summed E-state index contributed by atoms with van der Waals surface area (Å²) in [5, 5.41) is 11.8. The number of ether oxygens (including phenoxy) is 4. The van der Waals surface area contributed by atoms with Gasteiger partial charge >= 0.3 is 11.9 Å². The number of rotatable bonds is 10. The molecule has 11 heteroatoms. The Kier molecular flexibility index (Phi) is 9.19. The Morgan fingerprint density at radius 3 is 2.38 bits per heavy atom. The first kappa shape index (κ1) is 31.3. The van der Waals surface area contributed by atoms with Crippen molar-refractivity contribution >= 4 is 39.9 Å². The van der Waals surface area contributed by atoms with E-state index in [1.165, 1.54) is 19.1 Å². The number of aliphatic hydroxyl groups excluding tert-OH is 1. The smallest absolute Gasteiger partial charge is 0.350 e. The molecule has 0 unspecified atom stereocenters. The van der Waals surface area contributed by atoms with E-state index in [1.54, 1.807) is 57.2 Å². The molecule has 3 aromatic carbocycles. The SMILES string of the molecule is CCOC(=O)c1sc(N2C(=O)C(=O)/C(=C(/O)c3ccc(OCc4ccccc4)cc3C)[C@H]2c2ccc(OC)c(OC)c2)nc1C. The molecule has 0 bridgehead atoms. The lowest BCUT2D eigenvalue weighted by molar-refractivity contribution is -0.132. The van der Waals surface area contributed by atoms with Gasteiger partial charge in [-0.2, -0.15) is 0 Å². The van der Waals surface area contributed by atoms with Gasteiger partial charge in [0.05, 0.1) is 38.1 Å². The average Bonchev–Trinajstić information content (AvgIpc) is 3.55. The minimum absolute atomic E-state index is 0.109. The largest absolute Gasteiger partial charge is 0.507 e. The molecule has 1 N–H and O–H groups in total. The number of Topliss-reactive ketones (excluding diaryl/α,β-unsaturated/α-hetero) is 1. The highest BCUT2D eigenvalue weighted by Gasteiger charge is 2.48. The summed E-state index contributed by atoms with van der Waals surface area (Å²) in [6.45, 7) is 5.61. The van der Waals surface area contributed by atoms with E-state index in [0.29, 0.717) is 46.2 Å². The van der Waals surface area contributed by atoms with Crippen molar-refractivity contribution in [3.63, 3.8) is 0 Å². The number of amides is 1. The predicted octanol–water partition coefficient (Wildman–Crippen LogP) is 6.16. The van der Waals surface area contributed by atoms with Gasteiger partial charge in [0.1, 0.15) is 23.0 Å². The van der Waals surface area contributed by atoms with E-state index >= 15 is 0 Å². The summed E-state index contributed by atoms with van der Waals surface area (Å²) >= 11 is 0.935. The van der Waals surface area contributed by atoms with Crippen LogP contribution in [0.5, 0.6) is 17.2 Å². The fourth-order valence-electron chi connectivity index (χ4n) is 5.12. The maximum atomic E-state index is 13.7. The predicted molar refractivity (Wildman–Crippen MR) is 169 cm³/mol. The second-order valence-corrected chi connectivity index (χ2v) is 11.1. The first-order chi connectivity index (χ1) is 21.7. The second-order valence-electron chi connectivity index (χ2n) is 10.2. The van der Waals surface area contributed by atoms with Gasteiger partial charge in [-0.3, -0.25) is 14.5 Å². The third-order valence-electron chi connectivity index (χ3n) is 7.32. The minimum Gasteiger partial charge on any atom is -0.507 e. The molecule has 1 aliphatic heterocycles. The second kappa shape index (κ2) is 13.2. The Balaban J connectivity index is 1.61. The number of aryl methyl sites for hydroxylation is 2. The summed E-state index contributed by atoms with van der Waals surface area (Å²) in [6, 6.07) is 18.7. The average molecular weight is 629 g/mol. The third-order valence-corrected chi connectivity index (χ3v) is 8.46. The molecule has 4 aromatic rings. The Labute approximate surface area is 264 Å². The lowest BCUT2D eigenvalue weighted by atomic mass is 9.93. The van der Waals surface area contributed by atoms with Crippen LogP contribution in [0.25, 0.3) is 5.76 Å². The van der Waals surface area contributed by atoms with Crippen LogP contribution >= 0.6 is 11.3 Å². The van der Waals surface area contributed by atoms with Gasteiger partial charge in [-0.1, -0.05) is 47.7 Å². The highest BCUT2D eigenvalue weighted by atomic mass is 32.1. The number of aromatic nitrogens is 1. The summed E-state index contributed by atoms with van der Waals surface area (Å²) < 4.78 is 22.0. The van der Waals surface area contributed by atoms with Crippen molar-refractivity contribution < 1.29 is 38.4 Å². The first-order valence-corrected chi connectivity index (χ1v) is 14.9. The van der Waals surface area contributed by atoms with Crippen LogP contribution in [0.2, 0.25) is 0 Å². The molecule has 1 amide bonds. The Morgan fingerprint density at radius 2 is 1.71 bits per heavy atom. The van der Waals surface area contributed by atoms with E-state index in [0.717, 1.165) is 16.9 Å². The number of benzene rings is 3. The number of carbonyl (C=O) groups excluding carboxylic acids is 3. The first-order valence-electron chi connectivity index (χ1n) is 14.1. The number of hydrogen-bond acceptors (Lipinski definition) is 10. The number of aliphatic hydroxyl groups is 1. The number of ketones is 1. The standard InChI is InChI=1S/C34H32N2O8S/c1-6-43-33(40)31-20(3)35-34(45-31)36-28(22-12-15-25(41-4)26(17-22)42-5)27(30(38)32(36)39)29(37)24-14-13-23(16-19(24)2)44-18-21-10-8-7-9-11-21/h7-17,28,37H,6,18H2,1-5H3/b29-27+/t28-/m1/s1. The van der Waals surface area contributed by atoms with Crippen LogP contribution in [0.1, 0.15) is 50.6 Å². The molecule has 0 saturated carbocycles. The van der Waals surface area contributed by atoms with Gasteiger partial charge in [0.2, 0.25) is 0 Å². The molecule has 1 atom stereocenters. The van der Waals surface area contributed by atoms with Crippen LogP contribution in [0.4, 0.5) is 5.13 Å². The van der Waals surface area contributed by atoms with Crippen LogP contribution in [0.15, 0.2) is 72.3 Å². The van der Waals surface area contributed by atoms with Crippen molar-refractivity contribution in [2.75, 3.05) is 25.7 Å². The third kappa shape index (κ3) is 6.12. The van der Waals surface area contributed by atoms with E-state index in [1.807, 2.05) is 30.3 Å². The fraction of sp³-hybridized carbons (Fsp3) is 0.235. The molecule has 1 saturated heterocycles. The number of anilines is 1. The van der Waals surface area contributed by atoms with Gasteiger partial charge in [-0.05, 0) is 67.8 Å². The molecule has 0 radical (unpaired) electrons. The van der Waals surface area contributed by atoms with Crippen molar-refractivity contribution in [3.8, 4) is 17.2 Å². The van der Waals surface area contributed by atoms with Gasteiger partial charge in [-0.15, -0.1) is 0 Å². The fourth-order valence-corrected chi connectivity index (χ4v) is 6.10. The molecule has 0 aliphatic carbocycles. The monoisotopic (exact) mass is 628 g/mol. The summed E-state index contributed by atoms with van der Waals surface area (Å²) in [6.07, 6.45) is 0. The van der Waals surface area contributed by atoms with E-state index in [-0.39, 0.29) is 27.9 Å². The zero-order chi connectivity index (χ0) is 32.2. The molecule has 0 spiro atoms. The maximum Gasteiger partial charge on any atom is 0.350 e. The van der Waals surface area contributed by atoms with Gasteiger partial charge in [0, 0.05) is 5.56 Å². The van der Waals surface area contributed by atoms with E-state index in [4.69, 9.17) is 18.9 Å². The van der Waals surface area contributed by atoms with Gasteiger partial charge < -0.3 is 24.1 Å². The Bertz CT molecular complexity index is 1800. The summed E-state index contributed by atoms with van der Waals surface area (Å²) in [5.41, 5.74) is 2.65. The van der Waals surface area contributed by atoms with Crippen LogP contribution < -0.4 is 19.1 Å². The molecule has 1 fully saturated rings. The topological polar surface area (TPSA) is 124 Å². The minimum atomic E-state index is -1.10. The highest BCUT2D eigenvalue weighted by Crippen LogP contribution is 2.46. The molecule has 2 heterocycles. The van der Waals surface area contributed by atoms with Crippen molar-refractivity contribution in [2.24, 2.45) is 0 Å². The number of nitrogens with zero attached hydrogens (tertiary/aromatic N) is 2.